The van der Waals surface area contributed by atoms with E-state index in [1.54, 1.807) is 12.1 Å². The van der Waals surface area contributed by atoms with E-state index in [1.807, 2.05) is 18.2 Å². The molecular formula is C25H33F2N. The summed E-state index contributed by atoms with van der Waals surface area (Å²) in [6.07, 6.45) is 17.5. The van der Waals surface area contributed by atoms with Crippen LogP contribution in [-0.2, 0) is 0 Å². The minimum Gasteiger partial charge on any atom is -0.251 e. The second-order valence-corrected chi connectivity index (χ2v) is 8.83. The number of hydrogen-bond acceptors (Lipinski definition) is 1. The smallest absolute Gasteiger partial charge is 0.141 e. The molecular weight excluding hydrogens is 352 g/mol. The minimum absolute atomic E-state index is 0.144. The summed E-state index contributed by atoms with van der Waals surface area (Å²) in [5, 5.41) is 8.88. The van der Waals surface area contributed by atoms with Crippen molar-refractivity contribution >= 4 is 0 Å². The maximum atomic E-state index is 13.9. The lowest BCUT2D eigenvalue weighted by atomic mass is 9.74. The van der Waals surface area contributed by atoms with Gasteiger partial charge in [-0.25, -0.2) is 4.39 Å². The van der Waals surface area contributed by atoms with E-state index in [9.17, 15) is 8.78 Å². The topological polar surface area (TPSA) is 23.8 Å². The van der Waals surface area contributed by atoms with Gasteiger partial charge in [0.25, 0.3) is 0 Å². The highest BCUT2D eigenvalue weighted by Gasteiger charge is 2.25. The molecule has 1 aromatic rings. The van der Waals surface area contributed by atoms with Crippen molar-refractivity contribution in [2.24, 2.45) is 17.8 Å². The number of nitriles is 1. The maximum absolute atomic E-state index is 13.9. The van der Waals surface area contributed by atoms with Gasteiger partial charge in [-0.3, -0.25) is 4.39 Å². The van der Waals surface area contributed by atoms with Crippen LogP contribution in [0.4, 0.5) is 8.78 Å². The van der Waals surface area contributed by atoms with Crippen molar-refractivity contribution in [3.8, 4) is 6.07 Å². The van der Waals surface area contributed by atoms with Crippen molar-refractivity contribution in [1.29, 1.82) is 5.26 Å². The summed E-state index contributed by atoms with van der Waals surface area (Å²) >= 11 is 0. The summed E-state index contributed by atoms with van der Waals surface area (Å²) in [6, 6.07) is 7.04. The molecule has 1 nitrogen and oxygen atoms in total. The average molecular weight is 386 g/mol. The van der Waals surface area contributed by atoms with E-state index in [1.165, 1.54) is 51.4 Å². The van der Waals surface area contributed by atoms with E-state index >= 15 is 0 Å². The fraction of sp³-hybridized carbons (Fsp3) is 0.640. The van der Waals surface area contributed by atoms with Crippen LogP contribution in [0.15, 0.2) is 30.4 Å². The maximum Gasteiger partial charge on any atom is 0.141 e. The van der Waals surface area contributed by atoms with Gasteiger partial charge >= 0.3 is 0 Å². The summed E-state index contributed by atoms with van der Waals surface area (Å²) in [5.74, 6) is 2.44. The van der Waals surface area contributed by atoms with E-state index in [0.717, 1.165) is 30.2 Å². The molecule has 0 unspecified atom stereocenters. The standard InChI is InChI=1S/C25H33F2N/c26-16-2-1-3-19-4-6-20(7-5-19)8-9-21-10-12-22(13-11-21)23-14-15-24(18-28)25(27)17-23/h1,3,14-15,17,19-22H,2,4-13,16H2. The van der Waals surface area contributed by atoms with Gasteiger partial charge in [-0.15, -0.1) is 0 Å². The Morgan fingerprint density at radius 1 is 0.964 bits per heavy atom. The lowest BCUT2D eigenvalue weighted by Gasteiger charge is -2.31. The first-order valence-electron chi connectivity index (χ1n) is 11.1. The third-order valence-corrected chi connectivity index (χ3v) is 6.99. The average Bonchev–Trinajstić information content (AvgIpc) is 2.74. The first-order chi connectivity index (χ1) is 13.7. The van der Waals surface area contributed by atoms with Gasteiger partial charge in [0, 0.05) is 0 Å². The first kappa shape index (κ1) is 21.0. The number of allylic oxidation sites excluding steroid dienone is 2. The Kier molecular flexibility index (Phi) is 8.07. The molecule has 0 aliphatic heterocycles. The van der Waals surface area contributed by atoms with E-state index in [-0.39, 0.29) is 18.1 Å². The van der Waals surface area contributed by atoms with E-state index in [2.05, 4.69) is 6.08 Å². The van der Waals surface area contributed by atoms with E-state index in [0.29, 0.717) is 18.3 Å². The van der Waals surface area contributed by atoms with Crippen molar-refractivity contribution in [3.05, 3.63) is 47.3 Å². The predicted molar refractivity (Wildman–Crippen MR) is 110 cm³/mol. The molecule has 2 aliphatic rings. The molecule has 28 heavy (non-hydrogen) atoms. The van der Waals surface area contributed by atoms with Crippen LogP contribution in [0.2, 0.25) is 0 Å². The molecule has 0 heterocycles. The van der Waals surface area contributed by atoms with Crippen LogP contribution >= 0.6 is 0 Å². The molecule has 0 atom stereocenters. The van der Waals surface area contributed by atoms with Crippen LogP contribution in [0.5, 0.6) is 0 Å². The van der Waals surface area contributed by atoms with Crippen LogP contribution in [0.25, 0.3) is 0 Å². The summed E-state index contributed by atoms with van der Waals surface area (Å²) in [7, 11) is 0. The van der Waals surface area contributed by atoms with Gasteiger partial charge in [0.15, 0.2) is 0 Å². The minimum atomic E-state index is -0.378. The lowest BCUT2D eigenvalue weighted by Crippen LogP contribution is -2.17. The van der Waals surface area contributed by atoms with Gasteiger partial charge in [-0.2, -0.15) is 5.26 Å². The molecule has 0 bridgehead atoms. The van der Waals surface area contributed by atoms with Gasteiger partial charge < -0.3 is 0 Å². The summed E-state index contributed by atoms with van der Waals surface area (Å²) < 4.78 is 26.1. The third kappa shape index (κ3) is 5.90. The van der Waals surface area contributed by atoms with Crippen LogP contribution < -0.4 is 0 Å². The molecule has 0 spiro atoms. The Morgan fingerprint density at radius 3 is 2.18 bits per heavy atom. The van der Waals surface area contributed by atoms with E-state index < -0.39 is 0 Å². The van der Waals surface area contributed by atoms with Crippen molar-refractivity contribution < 1.29 is 8.78 Å². The van der Waals surface area contributed by atoms with Gasteiger partial charge in [0.05, 0.1) is 12.2 Å². The summed E-state index contributed by atoms with van der Waals surface area (Å²) in [4.78, 5) is 0. The highest BCUT2D eigenvalue weighted by Crippen LogP contribution is 2.40. The fourth-order valence-electron chi connectivity index (χ4n) is 5.15. The molecule has 152 valence electrons. The van der Waals surface area contributed by atoms with Crippen molar-refractivity contribution in [2.45, 2.75) is 76.5 Å². The number of hydrogen-bond donors (Lipinski definition) is 0. The number of benzene rings is 1. The largest absolute Gasteiger partial charge is 0.251 e. The molecule has 2 fully saturated rings. The fourth-order valence-corrected chi connectivity index (χ4v) is 5.15. The van der Waals surface area contributed by atoms with Crippen LogP contribution in [0.1, 0.15) is 87.7 Å². The van der Waals surface area contributed by atoms with Gasteiger partial charge in [0.2, 0.25) is 0 Å². The molecule has 0 aromatic heterocycles. The normalized spacial score (nSPS) is 28.3. The highest BCUT2D eigenvalue weighted by atomic mass is 19.1. The molecule has 1 aromatic carbocycles. The lowest BCUT2D eigenvalue weighted by molar-refractivity contribution is 0.246. The SMILES string of the molecule is N#Cc1ccc(C2CCC(CCC3CCC(C=CCCF)CC3)CC2)cc1F. The van der Waals surface area contributed by atoms with Crippen molar-refractivity contribution in [1.82, 2.24) is 0 Å². The predicted octanol–water partition coefficient (Wildman–Crippen LogP) is 7.47. The monoisotopic (exact) mass is 385 g/mol. The Hall–Kier alpha value is -1.69. The Balaban J connectivity index is 1.36. The molecule has 0 amide bonds. The second-order valence-electron chi connectivity index (χ2n) is 8.83. The molecule has 0 N–H and O–H groups in total. The van der Waals surface area contributed by atoms with Gasteiger partial charge in [-0.1, -0.05) is 31.1 Å². The van der Waals surface area contributed by atoms with Crippen LogP contribution in [0, 0.1) is 34.9 Å². The first-order valence-corrected chi connectivity index (χ1v) is 11.1. The van der Waals surface area contributed by atoms with E-state index in [4.69, 9.17) is 5.26 Å². The molecule has 0 radical (unpaired) electrons. The zero-order valence-corrected chi connectivity index (χ0v) is 16.9. The number of nitrogens with zero attached hydrogens (tertiary/aromatic N) is 1. The second kappa shape index (κ2) is 10.7. The number of alkyl halides is 1. The zero-order chi connectivity index (χ0) is 19.8. The Morgan fingerprint density at radius 2 is 1.61 bits per heavy atom. The molecule has 0 saturated heterocycles. The van der Waals surface area contributed by atoms with Gasteiger partial charge in [0.1, 0.15) is 11.9 Å². The molecule has 2 aliphatic carbocycles. The third-order valence-electron chi connectivity index (χ3n) is 6.99. The number of halogens is 2. The Labute approximate surface area is 168 Å². The summed E-state index contributed by atoms with van der Waals surface area (Å²) in [6.45, 7) is -0.242. The highest BCUT2D eigenvalue weighted by molar-refractivity contribution is 5.34. The Bertz CT molecular complexity index is 674. The molecule has 2 saturated carbocycles. The summed E-state index contributed by atoms with van der Waals surface area (Å²) in [5.41, 5.74) is 1.21. The molecule has 3 heteroatoms. The quantitative estimate of drug-likeness (QED) is 0.446. The van der Waals surface area contributed by atoms with Crippen molar-refractivity contribution in [3.63, 3.8) is 0 Å². The number of rotatable bonds is 7. The zero-order valence-electron chi connectivity index (χ0n) is 16.9. The molecule has 3 rings (SSSR count). The van der Waals surface area contributed by atoms with Crippen molar-refractivity contribution in [2.75, 3.05) is 6.67 Å². The van der Waals surface area contributed by atoms with Crippen LogP contribution in [0.3, 0.4) is 0 Å². The van der Waals surface area contributed by atoms with Gasteiger partial charge in [-0.05, 0) is 99.2 Å². The van der Waals surface area contributed by atoms with Crippen LogP contribution in [-0.4, -0.2) is 6.67 Å².